The highest BCUT2D eigenvalue weighted by Gasteiger charge is 2.30. The topological polar surface area (TPSA) is 72.0 Å². The fraction of sp³-hybridized carbons (Fsp3) is 0.0526. The Kier molecular flexibility index (Phi) is 4.75. The second-order valence-corrected chi connectivity index (χ2v) is 8.71. The molecule has 0 amide bonds. The standard InChI is InChI=1S/C19H12F3N3O2S2/c20-19(21,22)13-5-9-15(10-6-13)29(26,27)25-14-7-3-12(4-8-14)17-24-16-2-1-11-23-18(16)28-17/h1-11,25H. The van der Waals surface area contributed by atoms with Gasteiger partial charge in [0.15, 0.2) is 0 Å². The van der Waals surface area contributed by atoms with Crippen molar-refractivity contribution < 1.29 is 21.6 Å². The predicted octanol–water partition coefficient (Wildman–Crippen LogP) is 5.18. The number of pyridine rings is 1. The number of anilines is 1. The van der Waals surface area contributed by atoms with E-state index in [0.717, 1.165) is 45.2 Å². The Morgan fingerprint density at radius 2 is 1.62 bits per heavy atom. The minimum Gasteiger partial charge on any atom is -0.280 e. The number of halogens is 3. The van der Waals surface area contributed by atoms with Crippen molar-refractivity contribution in [1.29, 1.82) is 0 Å². The molecule has 0 atom stereocenters. The van der Waals surface area contributed by atoms with E-state index in [-0.39, 0.29) is 10.6 Å². The first kappa shape index (κ1) is 19.3. The lowest BCUT2D eigenvalue weighted by Gasteiger charge is -2.10. The molecule has 2 aromatic heterocycles. The van der Waals surface area contributed by atoms with Gasteiger partial charge in [0, 0.05) is 17.4 Å². The van der Waals surface area contributed by atoms with Crippen LogP contribution >= 0.6 is 11.3 Å². The highest BCUT2D eigenvalue weighted by Crippen LogP contribution is 2.31. The average molecular weight is 435 g/mol. The van der Waals surface area contributed by atoms with Crippen LogP contribution in [0.15, 0.2) is 71.8 Å². The van der Waals surface area contributed by atoms with Gasteiger partial charge in [-0.3, -0.25) is 4.72 Å². The SMILES string of the molecule is O=S(=O)(Nc1ccc(-c2nc3cccnc3s2)cc1)c1ccc(C(F)(F)F)cc1. The zero-order chi connectivity index (χ0) is 20.6. The Morgan fingerprint density at radius 3 is 2.24 bits per heavy atom. The molecule has 2 heterocycles. The molecule has 10 heteroatoms. The lowest BCUT2D eigenvalue weighted by atomic mass is 10.2. The number of nitrogens with one attached hydrogen (secondary N) is 1. The van der Waals surface area contributed by atoms with E-state index in [0.29, 0.717) is 0 Å². The van der Waals surface area contributed by atoms with E-state index in [1.807, 2.05) is 6.07 Å². The molecule has 0 bridgehead atoms. The number of hydrogen-bond acceptors (Lipinski definition) is 5. The van der Waals surface area contributed by atoms with Crippen LogP contribution < -0.4 is 4.72 Å². The zero-order valence-electron chi connectivity index (χ0n) is 14.5. The van der Waals surface area contributed by atoms with Crippen molar-refractivity contribution in [3.8, 4) is 10.6 Å². The van der Waals surface area contributed by atoms with Gasteiger partial charge in [0.1, 0.15) is 15.4 Å². The van der Waals surface area contributed by atoms with Gasteiger partial charge in [0.2, 0.25) is 0 Å². The fourth-order valence-corrected chi connectivity index (χ4v) is 4.58. The summed E-state index contributed by atoms with van der Waals surface area (Å²) in [6, 6.07) is 13.5. The average Bonchev–Trinajstić information content (AvgIpc) is 3.12. The first-order chi connectivity index (χ1) is 13.7. The molecule has 4 aromatic rings. The van der Waals surface area contributed by atoms with E-state index in [1.54, 1.807) is 36.5 Å². The Balaban J connectivity index is 1.54. The van der Waals surface area contributed by atoms with Crippen LogP contribution in [0.5, 0.6) is 0 Å². The Bertz CT molecular complexity index is 1230. The highest BCUT2D eigenvalue weighted by molar-refractivity contribution is 7.92. The number of fused-ring (bicyclic) bond motifs is 1. The maximum absolute atomic E-state index is 12.6. The molecule has 0 saturated carbocycles. The third kappa shape index (κ3) is 4.08. The molecule has 0 fully saturated rings. The molecule has 2 aromatic carbocycles. The van der Waals surface area contributed by atoms with Gasteiger partial charge >= 0.3 is 6.18 Å². The van der Waals surface area contributed by atoms with Crippen molar-refractivity contribution in [2.75, 3.05) is 4.72 Å². The molecule has 0 aliphatic heterocycles. The van der Waals surface area contributed by atoms with Crippen LogP contribution in [0, 0.1) is 0 Å². The summed E-state index contributed by atoms with van der Waals surface area (Å²) in [5.74, 6) is 0. The Morgan fingerprint density at radius 1 is 0.931 bits per heavy atom. The van der Waals surface area contributed by atoms with Crippen LogP contribution in [-0.2, 0) is 16.2 Å². The number of rotatable bonds is 4. The monoisotopic (exact) mass is 435 g/mol. The summed E-state index contributed by atoms with van der Waals surface area (Å²) >= 11 is 1.42. The molecular formula is C19H12F3N3O2S2. The number of aromatic nitrogens is 2. The molecule has 0 aliphatic carbocycles. The molecule has 5 nitrogen and oxygen atoms in total. The van der Waals surface area contributed by atoms with Gasteiger partial charge in [-0.25, -0.2) is 18.4 Å². The summed E-state index contributed by atoms with van der Waals surface area (Å²) in [4.78, 5) is 9.27. The molecule has 29 heavy (non-hydrogen) atoms. The van der Waals surface area contributed by atoms with Gasteiger partial charge in [-0.05, 0) is 60.7 Å². The normalized spacial score (nSPS) is 12.2. The summed E-state index contributed by atoms with van der Waals surface area (Å²) in [7, 11) is -4.01. The minimum absolute atomic E-state index is 0.258. The first-order valence-electron chi connectivity index (χ1n) is 8.24. The van der Waals surface area contributed by atoms with Crippen molar-refractivity contribution in [3.05, 3.63) is 72.4 Å². The van der Waals surface area contributed by atoms with Crippen molar-refractivity contribution >= 4 is 37.4 Å². The minimum atomic E-state index is -4.53. The van der Waals surface area contributed by atoms with Gasteiger partial charge in [0.25, 0.3) is 10.0 Å². The lowest BCUT2D eigenvalue weighted by molar-refractivity contribution is -0.137. The van der Waals surface area contributed by atoms with Crippen molar-refractivity contribution in [2.45, 2.75) is 11.1 Å². The second-order valence-electron chi connectivity index (χ2n) is 6.05. The second kappa shape index (κ2) is 7.12. The Labute approximate surface area is 167 Å². The van der Waals surface area contributed by atoms with Crippen molar-refractivity contribution in [2.24, 2.45) is 0 Å². The van der Waals surface area contributed by atoms with Crippen LogP contribution in [0.3, 0.4) is 0 Å². The quantitative estimate of drug-likeness (QED) is 0.480. The van der Waals surface area contributed by atoms with Crippen molar-refractivity contribution in [1.82, 2.24) is 9.97 Å². The smallest absolute Gasteiger partial charge is 0.280 e. The largest absolute Gasteiger partial charge is 0.416 e. The van der Waals surface area contributed by atoms with Gasteiger partial charge < -0.3 is 0 Å². The van der Waals surface area contributed by atoms with Crippen LogP contribution in [-0.4, -0.2) is 18.4 Å². The van der Waals surface area contributed by atoms with Gasteiger partial charge in [-0.1, -0.05) is 11.3 Å². The summed E-state index contributed by atoms with van der Waals surface area (Å²) < 4.78 is 65.1. The first-order valence-corrected chi connectivity index (χ1v) is 10.5. The Hall–Kier alpha value is -2.98. The third-order valence-electron chi connectivity index (χ3n) is 4.04. The van der Waals surface area contributed by atoms with E-state index >= 15 is 0 Å². The van der Waals surface area contributed by atoms with Crippen LogP contribution in [0.2, 0.25) is 0 Å². The molecule has 0 aliphatic rings. The van der Waals surface area contributed by atoms with E-state index in [1.165, 1.54) is 11.3 Å². The van der Waals surface area contributed by atoms with Crippen LogP contribution in [0.25, 0.3) is 20.9 Å². The molecule has 1 N–H and O–H groups in total. The molecule has 0 saturated heterocycles. The molecular weight excluding hydrogens is 423 g/mol. The zero-order valence-corrected chi connectivity index (χ0v) is 16.1. The summed E-state index contributed by atoms with van der Waals surface area (Å²) in [5.41, 5.74) is 0.948. The molecule has 0 radical (unpaired) electrons. The number of sulfonamides is 1. The van der Waals surface area contributed by atoms with Crippen LogP contribution in [0.1, 0.15) is 5.56 Å². The van der Waals surface area contributed by atoms with E-state index < -0.39 is 21.8 Å². The molecule has 4 rings (SSSR count). The van der Waals surface area contributed by atoms with Crippen molar-refractivity contribution in [3.63, 3.8) is 0 Å². The van der Waals surface area contributed by atoms with E-state index in [4.69, 9.17) is 0 Å². The number of hydrogen-bond donors (Lipinski definition) is 1. The highest BCUT2D eigenvalue weighted by atomic mass is 32.2. The van der Waals surface area contributed by atoms with Crippen LogP contribution in [0.4, 0.5) is 18.9 Å². The maximum atomic E-state index is 12.6. The number of alkyl halides is 3. The number of nitrogens with zero attached hydrogens (tertiary/aromatic N) is 2. The third-order valence-corrected chi connectivity index (χ3v) is 6.47. The fourth-order valence-electron chi connectivity index (χ4n) is 2.61. The van der Waals surface area contributed by atoms with E-state index in [9.17, 15) is 21.6 Å². The number of thiazole rings is 1. The molecule has 0 spiro atoms. The van der Waals surface area contributed by atoms with E-state index in [2.05, 4.69) is 14.7 Å². The maximum Gasteiger partial charge on any atom is 0.416 e. The lowest BCUT2D eigenvalue weighted by Crippen LogP contribution is -2.13. The predicted molar refractivity (Wildman–Crippen MR) is 105 cm³/mol. The summed E-state index contributed by atoms with van der Waals surface area (Å²) in [6.45, 7) is 0. The molecule has 0 unspecified atom stereocenters. The number of benzene rings is 2. The molecule has 148 valence electrons. The summed E-state index contributed by atoms with van der Waals surface area (Å²) in [5, 5.41) is 0.746. The van der Waals surface area contributed by atoms with Gasteiger partial charge in [0.05, 0.1) is 10.5 Å². The van der Waals surface area contributed by atoms with Gasteiger partial charge in [-0.2, -0.15) is 13.2 Å². The van der Waals surface area contributed by atoms with Gasteiger partial charge in [-0.15, -0.1) is 0 Å². The summed E-state index contributed by atoms with van der Waals surface area (Å²) in [6.07, 6.45) is -2.84.